The maximum absolute atomic E-state index is 9.73. The van der Waals surface area contributed by atoms with E-state index in [1.807, 2.05) is 0 Å². The summed E-state index contributed by atoms with van der Waals surface area (Å²) in [5, 5.41) is 9.73. The van der Waals surface area contributed by atoms with Gasteiger partial charge in [0.25, 0.3) is 0 Å². The van der Waals surface area contributed by atoms with Crippen LogP contribution in [0.15, 0.2) is 30.3 Å². The summed E-state index contributed by atoms with van der Waals surface area (Å²) in [6.45, 7) is 1.48. The molecule has 1 N–H and O–H groups in total. The minimum absolute atomic E-state index is 0.290. The van der Waals surface area contributed by atoms with Gasteiger partial charge in [-0.25, -0.2) is 0 Å². The lowest BCUT2D eigenvalue weighted by atomic mass is 10.0. The molecule has 0 aromatic heterocycles. The van der Waals surface area contributed by atoms with Crippen LogP contribution in [-0.2, 0) is 6.42 Å². The molecule has 2 aliphatic rings. The second kappa shape index (κ2) is 5.41. The average molecular weight is 245 g/mol. The Morgan fingerprint density at radius 1 is 1.17 bits per heavy atom. The summed E-state index contributed by atoms with van der Waals surface area (Å²) < 4.78 is 0. The van der Waals surface area contributed by atoms with Gasteiger partial charge < -0.3 is 5.11 Å². The van der Waals surface area contributed by atoms with Gasteiger partial charge in [-0.15, -0.1) is 0 Å². The molecule has 0 amide bonds. The molecule has 1 saturated heterocycles. The number of likely N-dealkylation sites (tertiary alicyclic amines) is 1. The molecule has 98 valence electrons. The minimum atomic E-state index is 0.290. The smallest absolute Gasteiger partial charge is 0.0590 e. The summed E-state index contributed by atoms with van der Waals surface area (Å²) in [4.78, 5) is 2.59. The first-order valence-corrected chi connectivity index (χ1v) is 7.29. The molecule has 1 aromatic rings. The molecule has 2 nitrogen and oxygen atoms in total. The van der Waals surface area contributed by atoms with Crippen molar-refractivity contribution in [3.05, 3.63) is 35.9 Å². The van der Waals surface area contributed by atoms with Gasteiger partial charge >= 0.3 is 0 Å². The highest BCUT2D eigenvalue weighted by Gasteiger charge is 2.40. The summed E-state index contributed by atoms with van der Waals surface area (Å²) in [5.74, 6) is 0.912. The maximum atomic E-state index is 9.73. The van der Waals surface area contributed by atoms with E-state index in [-0.39, 0.29) is 6.61 Å². The molecule has 1 saturated carbocycles. The molecule has 3 rings (SSSR count). The molecule has 3 atom stereocenters. The molecule has 1 aliphatic carbocycles. The predicted molar refractivity (Wildman–Crippen MR) is 73.5 cm³/mol. The van der Waals surface area contributed by atoms with E-state index in [0.29, 0.717) is 6.04 Å². The molecule has 0 spiro atoms. The highest BCUT2D eigenvalue weighted by atomic mass is 16.3. The minimum Gasteiger partial charge on any atom is -0.395 e. The molecule has 0 radical (unpaired) electrons. The van der Waals surface area contributed by atoms with E-state index in [9.17, 15) is 5.11 Å². The van der Waals surface area contributed by atoms with Crippen LogP contribution in [-0.4, -0.2) is 35.2 Å². The molecule has 18 heavy (non-hydrogen) atoms. The Hall–Kier alpha value is -0.860. The predicted octanol–water partition coefficient (Wildman–Crippen LogP) is 2.46. The van der Waals surface area contributed by atoms with E-state index in [1.54, 1.807) is 0 Å². The molecule has 2 heteroatoms. The highest BCUT2D eigenvalue weighted by Crippen LogP contribution is 2.39. The largest absolute Gasteiger partial charge is 0.395 e. The quantitative estimate of drug-likeness (QED) is 0.881. The topological polar surface area (TPSA) is 23.5 Å². The van der Waals surface area contributed by atoms with Crippen molar-refractivity contribution < 1.29 is 5.11 Å². The van der Waals surface area contributed by atoms with Crippen LogP contribution in [0.5, 0.6) is 0 Å². The second-order valence-corrected chi connectivity index (χ2v) is 5.81. The Morgan fingerprint density at radius 3 is 2.78 bits per heavy atom. The number of hydrogen-bond acceptors (Lipinski definition) is 2. The first-order chi connectivity index (χ1) is 8.88. The number of nitrogens with zero attached hydrogens (tertiary/aromatic N) is 1. The Morgan fingerprint density at radius 2 is 2.00 bits per heavy atom. The lowest BCUT2D eigenvalue weighted by Crippen LogP contribution is -2.43. The lowest BCUT2D eigenvalue weighted by molar-refractivity contribution is 0.107. The van der Waals surface area contributed by atoms with E-state index >= 15 is 0 Å². The normalized spacial score (nSPS) is 29.4. The van der Waals surface area contributed by atoms with Crippen LogP contribution < -0.4 is 0 Å². The van der Waals surface area contributed by atoms with Crippen LogP contribution >= 0.6 is 0 Å². The average Bonchev–Trinajstić information content (AvgIpc) is 3.00. The van der Waals surface area contributed by atoms with Gasteiger partial charge in [0.05, 0.1) is 6.61 Å². The van der Waals surface area contributed by atoms with Crippen molar-refractivity contribution in [3.8, 4) is 0 Å². The van der Waals surface area contributed by atoms with Crippen LogP contribution in [0, 0.1) is 5.92 Å². The third-order valence-corrected chi connectivity index (χ3v) is 4.80. The van der Waals surface area contributed by atoms with E-state index in [4.69, 9.17) is 0 Å². The molecule has 1 aromatic carbocycles. The molecule has 1 heterocycles. The molecule has 2 fully saturated rings. The van der Waals surface area contributed by atoms with E-state index in [0.717, 1.165) is 18.4 Å². The third-order valence-electron chi connectivity index (χ3n) is 4.80. The first-order valence-electron chi connectivity index (χ1n) is 7.29. The summed E-state index contributed by atoms with van der Waals surface area (Å²) in [7, 11) is 0. The number of hydrogen-bond donors (Lipinski definition) is 1. The molecule has 0 bridgehead atoms. The van der Waals surface area contributed by atoms with Gasteiger partial charge in [0.2, 0.25) is 0 Å². The lowest BCUT2D eigenvalue weighted by Gasteiger charge is -2.31. The van der Waals surface area contributed by atoms with Crippen LogP contribution in [0.3, 0.4) is 0 Å². The number of aliphatic hydroxyl groups excluding tert-OH is 1. The van der Waals surface area contributed by atoms with E-state index in [1.165, 1.54) is 37.8 Å². The van der Waals surface area contributed by atoms with Crippen molar-refractivity contribution in [2.24, 2.45) is 5.92 Å². The van der Waals surface area contributed by atoms with Crippen molar-refractivity contribution in [1.82, 2.24) is 4.90 Å². The maximum Gasteiger partial charge on any atom is 0.0590 e. The van der Waals surface area contributed by atoms with Crippen molar-refractivity contribution in [3.63, 3.8) is 0 Å². The van der Waals surface area contributed by atoms with Gasteiger partial charge in [0.1, 0.15) is 0 Å². The van der Waals surface area contributed by atoms with Crippen LogP contribution in [0.2, 0.25) is 0 Å². The standard InChI is InChI=1S/C16H23NO/c18-12-15(11-13-5-2-1-3-6-13)17-10-9-14-7-4-8-16(14)17/h1-3,5-6,14-16,18H,4,7-12H2/t14-,15-,16-/m0/s1. The number of aliphatic hydroxyl groups is 1. The molecular formula is C16H23NO. The Balaban J connectivity index is 1.69. The Labute approximate surface area is 110 Å². The zero-order valence-corrected chi connectivity index (χ0v) is 11.0. The van der Waals surface area contributed by atoms with E-state index in [2.05, 4.69) is 35.2 Å². The zero-order chi connectivity index (χ0) is 12.4. The number of rotatable bonds is 4. The fourth-order valence-electron chi connectivity index (χ4n) is 3.90. The van der Waals surface area contributed by atoms with Crippen molar-refractivity contribution in [1.29, 1.82) is 0 Å². The third kappa shape index (κ3) is 2.32. The summed E-state index contributed by atoms with van der Waals surface area (Å²) in [5.41, 5.74) is 1.35. The van der Waals surface area contributed by atoms with Crippen LogP contribution in [0.4, 0.5) is 0 Å². The second-order valence-electron chi connectivity index (χ2n) is 5.81. The highest BCUT2D eigenvalue weighted by molar-refractivity contribution is 5.16. The van der Waals surface area contributed by atoms with Gasteiger partial charge in [-0.3, -0.25) is 4.90 Å². The SMILES string of the molecule is OC[C@H](Cc1ccccc1)N1CC[C@@H]2CCC[C@@H]21. The Kier molecular flexibility index (Phi) is 3.67. The van der Waals surface area contributed by atoms with Crippen molar-refractivity contribution in [2.45, 2.75) is 44.2 Å². The van der Waals surface area contributed by atoms with Gasteiger partial charge in [0.15, 0.2) is 0 Å². The van der Waals surface area contributed by atoms with Gasteiger partial charge in [-0.05, 0) is 43.7 Å². The Bertz CT molecular complexity index is 378. The zero-order valence-electron chi connectivity index (χ0n) is 11.0. The summed E-state index contributed by atoms with van der Waals surface area (Å²) in [6.07, 6.45) is 6.46. The first kappa shape index (κ1) is 12.2. The van der Waals surface area contributed by atoms with Crippen LogP contribution in [0.25, 0.3) is 0 Å². The number of benzene rings is 1. The van der Waals surface area contributed by atoms with Gasteiger partial charge in [-0.1, -0.05) is 36.8 Å². The summed E-state index contributed by atoms with van der Waals surface area (Å²) in [6, 6.07) is 11.7. The molecule has 1 aliphatic heterocycles. The van der Waals surface area contributed by atoms with Crippen molar-refractivity contribution >= 4 is 0 Å². The number of fused-ring (bicyclic) bond motifs is 1. The summed E-state index contributed by atoms with van der Waals surface area (Å²) >= 11 is 0. The van der Waals surface area contributed by atoms with Crippen molar-refractivity contribution in [2.75, 3.05) is 13.2 Å². The molecular weight excluding hydrogens is 222 g/mol. The molecule has 0 unspecified atom stereocenters. The van der Waals surface area contributed by atoms with Crippen LogP contribution in [0.1, 0.15) is 31.2 Å². The fraction of sp³-hybridized carbons (Fsp3) is 0.625. The van der Waals surface area contributed by atoms with Gasteiger partial charge in [-0.2, -0.15) is 0 Å². The monoisotopic (exact) mass is 245 g/mol. The van der Waals surface area contributed by atoms with Gasteiger partial charge in [0, 0.05) is 12.1 Å². The van der Waals surface area contributed by atoms with E-state index < -0.39 is 0 Å². The fourth-order valence-corrected chi connectivity index (χ4v) is 3.90.